The highest BCUT2D eigenvalue weighted by molar-refractivity contribution is 5.55. The summed E-state index contributed by atoms with van der Waals surface area (Å²) in [5.41, 5.74) is 10.0. The fourth-order valence-electron chi connectivity index (χ4n) is 20.4. The van der Waals surface area contributed by atoms with E-state index >= 15 is 0 Å². The number of benzene rings is 4. The summed E-state index contributed by atoms with van der Waals surface area (Å²) in [6.07, 6.45) is 7.15. The number of nitrogens with zero attached hydrogens (tertiary/aromatic N) is 2. The zero-order valence-electron chi connectivity index (χ0n) is 73.2. The van der Waals surface area contributed by atoms with Crippen LogP contribution in [0.2, 0.25) is 0 Å². The van der Waals surface area contributed by atoms with Crippen molar-refractivity contribution in [2.75, 3.05) is 13.1 Å². The minimum atomic E-state index is -0.347. The number of phenolic OH excluding ortho intramolecular Hbond substituents is 4. The first-order chi connectivity index (χ1) is 44.1. The van der Waals surface area contributed by atoms with Crippen molar-refractivity contribution >= 4 is 0 Å². The summed E-state index contributed by atoms with van der Waals surface area (Å²) in [6, 6.07) is 18.8. The van der Waals surface area contributed by atoms with Gasteiger partial charge in [-0.25, -0.2) is 0 Å². The fourth-order valence-corrected chi connectivity index (χ4v) is 20.4. The van der Waals surface area contributed by atoms with E-state index in [-0.39, 0.29) is 86.6 Å². The van der Waals surface area contributed by atoms with Gasteiger partial charge in [0.2, 0.25) is 0 Å². The van der Waals surface area contributed by atoms with Crippen molar-refractivity contribution in [2.24, 2.45) is 43.3 Å². The predicted molar refractivity (Wildman–Crippen MR) is 437 cm³/mol. The molecule has 0 unspecified atom stereocenters. The maximum absolute atomic E-state index is 13.0. The Morgan fingerprint density at radius 2 is 0.290 bits per heavy atom. The minimum absolute atomic E-state index is 0.00573. The van der Waals surface area contributed by atoms with Crippen LogP contribution in [0.15, 0.2) is 48.5 Å². The molecule has 0 bridgehead atoms. The zero-order chi connectivity index (χ0) is 77.9. The second kappa shape index (κ2) is 29.7. The van der Waals surface area contributed by atoms with Gasteiger partial charge in [-0.3, -0.25) is 9.80 Å². The molecule has 0 fully saturated rings. The number of hydrogen-bond donors (Lipinski definition) is 4. The van der Waals surface area contributed by atoms with E-state index in [1.165, 1.54) is 22.3 Å². The molecule has 0 saturated heterocycles. The summed E-state index contributed by atoms with van der Waals surface area (Å²) >= 11 is 0. The van der Waals surface area contributed by atoms with Crippen LogP contribution in [-0.2, 0) is 69.5 Å². The van der Waals surface area contributed by atoms with Crippen molar-refractivity contribution in [1.82, 2.24) is 9.80 Å². The Hall–Kier alpha value is -4.00. The van der Waals surface area contributed by atoms with Crippen LogP contribution < -0.4 is 0 Å². The lowest BCUT2D eigenvalue weighted by Gasteiger charge is -2.39. The third-order valence-electron chi connectivity index (χ3n) is 20.6. The highest BCUT2D eigenvalue weighted by Gasteiger charge is 2.42. The Morgan fingerprint density at radius 1 is 0.190 bits per heavy atom. The lowest BCUT2D eigenvalue weighted by atomic mass is 9.67. The molecule has 4 N–H and O–H groups in total. The second-order valence-corrected chi connectivity index (χ2v) is 47.6. The molecule has 4 rings (SSSR count). The van der Waals surface area contributed by atoms with Gasteiger partial charge in [0.15, 0.2) is 0 Å². The van der Waals surface area contributed by atoms with Crippen LogP contribution in [0.4, 0.5) is 0 Å². The molecular formula is C94H160N2O4. The average molecular weight is 1380 g/mol. The third-order valence-corrected chi connectivity index (χ3v) is 20.6. The summed E-state index contributed by atoms with van der Waals surface area (Å²) in [7, 11) is 0. The van der Waals surface area contributed by atoms with Gasteiger partial charge in [0, 0.05) is 83.8 Å². The smallest absolute Gasteiger partial charge is 0.123 e. The molecule has 0 radical (unpaired) electrons. The first-order valence-electron chi connectivity index (χ1n) is 39.0. The lowest BCUT2D eigenvalue weighted by Crippen LogP contribution is -2.36. The largest absolute Gasteiger partial charge is 0.507 e. The van der Waals surface area contributed by atoms with E-state index in [0.717, 1.165) is 95.9 Å². The monoisotopic (exact) mass is 1380 g/mol. The van der Waals surface area contributed by atoms with E-state index in [2.05, 4.69) is 335 Å². The maximum Gasteiger partial charge on any atom is 0.123 e. The second-order valence-electron chi connectivity index (χ2n) is 47.6. The lowest BCUT2D eigenvalue weighted by molar-refractivity contribution is 0.181. The van der Waals surface area contributed by atoms with Gasteiger partial charge in [-0.15, -0.1) is 0 Å². The highest BCUT2D eigenvalue weighted by atomic mass is 16.3. The molecular weight excluding hydrogens is 1220 g/mol. The van der Waals surface area contributed by atoms with E-state index in [1.54, 1.807) is 0 Å². The number of rotatable bonds is 27. The predicted octanol–water partition coefficient (Wildman–Crippen LogP) is 26.9. The van der Waals surface area contributed by atoms with Crippen molar-refractivity contribution in [3.05, 3.63) is 115 Å². The van der Waals surface area contributed by atoms with Gasteiger partial charge >= 0.3 is 0 Å². The topological polar surface area (TPSA) is 87.4 Å². The average Bonchev–Trinajstić information content (AvgIpc) is 0.782. The minimum Gasteiger partial charge on any atom is -0.507 e. The molecule has 570 valence electrons. The molecule has 0 spiro atoms. The van der Waals surface area contributed by atoms with Gasteiger partial charge in [-0.05, 0) is 160 Å². The van der Waals surface area contributed by atoms with Crippen LogP contribution in [0.25, 0.3) is 0 Å². The molecule has 0 aliphatic rings. The SMILES string of the molecule is CC(C)(C)CC(C)(C)c1cc(CN(CCN(Cc2cc(C(C)(C)CC(C)(C)C)c(O)c(C(C)(C)CC(C)(C)C)c2)Cc2cc(C(C)(C)CC(C)(C)C)c(O)c(C(C)(C)CC(C)(C)C)c2)Cc2cc(C(C)(C)CC(C)(C)C)c(O)c(C(C)(C)CC(C)(C)C)c2)cc(C(C)(C)CC(C)(C)C)c1O. The zero-order valence-corrected chi connectivity index (χ0v) is 73.2. The molecule has 0 aliphatic heterocycles. The van der Waals surface area contributed by atoms with Gasteiger partial charge in [0.05, 0.1) is 0 Å². The maximum atomic E-state index is 13.0. The van der Waals surface area contributed by atoms with E-state index in [9.17, 15) is 20.4 Å². The van der Waals surface area contributed by atoms with Crippen LogP contribution >= 0.6 is 0 Å². The Labute approximate surface area is 619 Å². The molecule has 0 aromatic heterocycles. The van der Waals surface area contributed by atoms with Crippen molar-refractivity contribution in [3.63, 3.8) is 0 Å². The molecule has 0 amide bonds. The summed E-state index contributed by atoms with van der Waals surface area (Å²) in [5, 5.41) is 51.9. The Balaban J connectivity index is 2.33. The third kappa shape index (κ3) is 26.0. The van der Waals surface area contributed by atoms with Crippen molar-refractivity contribution in [1.29, 1.82) is 0 Å². The van der Waals surface area contributed by atoms with Crippen LogP contribution in [-0.4, -0.2) is 43.3 Å². The Bertz CT molecular complexity index is 2760. The Kier molecular flexibility index (Phi) is 26.3. The number of aromatic hydroxyl groups is 4. The summed E-state index contributed by atoms with van der Waals surface area (Å²) in [5.74, 6) is 1.70. The fraction of sp³-hybridized carbons (Fsp3) is 0.745. The number of hydrogen-bond acceptors (Lipinski definition) is 6. The molecule has 6 nitrogen and oxygen atoms in total. The molecule has 4 aromatic rings. The standard InChI is InChI=1S/C94H160N2O4/c1-79(2,3)55-87(25,26)67-43-63(44-68(75(67)97)88(27,28)56-80(4,5)6)51-95(52-64-45-69(89(29,30)57-81(7,8)9)76(98)70(46-64)90(31,32)58-82(10,11)12)41-42-96(53-65-47-71(91(33,34)59-83(13,14)15)77(99)72(48-65)92(35,36)60-84(16,17)18)54-66-49-73(93(37,38)61-85(19,20)21)78(100)74(50-66)94(39,40)62-86(22,23)24/h43-50,97-100H,41-42,51-62H2,1-40H3. The first-order valence-corrected chi connectivity index (χ1v) is 39.0. The van der Waals surface area contributed by atoms with Gasteiger partial charge in [-0.2, -0.15) is 0 Å². The molecule has 4 aromatic carbocycles. The van der Waals surface area contributed by atoms with Gasteiger partial charge in [-0.1, -0.05) is 325 Å². The normalized spacial score (nSPS) is 14.7. The van der Waals surface area contributed by atoms with E-state index in [0.29, 0.717) is 62.3 Å². The molecule has 100 heavy (non-hydrogen) atoms. The van der Waals surface area contributed by atoms with Crippen LogP contribution in [0, 0.1) is 43.3 Å². The van der Waals surface area contributed by atoms with Crippen molar-refractivity contribution < 1.29 is 20.4 Å². The summed E-state index contributed by atoms with van der Waals surface area (Å²) in [6.45, 7) is 96.7. The van der Waals surface area contributed by atoms with E-state index in [1.807, 2.05) is 0 Å². The first kappa shape index (κ1) is 88.4. The van der Waals surface area contributed by atoms with Crippen LogP contribution in [0.5, 0.6) is 23.0 Å². The van der Waals surface area contributed by atoms with E-state index < -0.39 is 0 Å². The summed E-state index contributed by atoms with van der Waals surface area (Å²) < 4.78 is 0. The quantitative estimate of drug-likeness (QED) is 0.0476. The van der Waals surface area contributed by atoms with Gasteiger partial charge < -0.3 is 20.4 Å². The van der Waals surface area contributed by atoms with Gasteiger partial charge in [0.1, 0.15) is 23.0 Å². The molecule has 0 aliphatic carbocycles. The van der Waals surface area contributed by atoms with E-state index in [4.69, 9.17) is 0 Å². The van der Waals surface area contributed by atoms with Crippen LogP contribution in [0.1, 0.15) is 395 Å². The Morgan fingerprint density at radius 3 is 0.380 bits per heavy atom. The van der Waals surface area contributed by atoms with Gasteiger partial charge in [0.25, 0.3) is 0 Å². The van der Waals surface area contributed by atoms with Crippen molar-refractivity contribution in [3.8, 4) is 23.0 Å². The molecule has 6 heteroatoms. The molecule has 0 saturated carbocycles. The molecule has 0 heterocycles. The molecule has 0 atom stereocenters. The van der Waals surface area contributed by atoms with Crippen LogP contribution in [0.3, 0.4) is 0 Å². The van der Waals surface area contributed by atoms with Crippen molar-refractivity contribution in [2.45, 2.75) is 398 Å². The number of phenols is 4. The highest BCUT2D eigenvalue weighted by Crippen LogP contribution is 2.53. The summed E-state index contributed by atoms with van der Waals surface area (Å²) in [4.78, 5) is 5.35.